The molecule has 0 radical (unpaired) electrons. The van der Waals surface area contributed by atoms with Gasteiger partial charge in [0.2, 0.25) is 0 Å². The van der Waals surface area contributed by atoms with E-state index in [-0.39, 0.29) is 5.91 Å². The average molecular weight is 387 g/mol. The molecule has 0 bridgehead atoms. The Balaban J connectivity index is 1.69. The van der Waals surface area contributed by atoms with Crippen LogP contribution in [-0.2, 0) is 0 Å². The number of nitrogens with zero attached hydrogens (tertiary/aromatic N) is 4. The highest BCUT2D eigenvalue weighted by Crippen LogP contribution is 2.34. The number of anilines is 2. The number of benzene rings is 1. The highest BCUT2D eigenvalue weighted by atomic mass is 16.5. The summed E-state index contributed by atoms with van der Waals surface area (Å²) in [4.78, 5) is 24.7. The van der Waals surface area contributed by atoms with Gasteiger partial charge in [0.25, 0.3) is 5.91 Å². The number of carbonyl (C=O) groups excluding carboxylic acids is 1. The maximum atomic E-state index is 13.4. The molecule has 4 heterocycles. The minimum Gasteiger partial charge on any atom is -0.497 e. The lowest BCUT2D eigenvalue weighted by Gasteiger charge is -2.17. The molecule has 1 aromatic carbocycles. The van der Waals surface area contributed by atoms with E-state index in [4.69, 9.17) is 4.74 Å². The van der Waals surface area contributed by atoms with E-state index in [9.17, 15) is 4.79 Å². The van der Waals surface area contributed by atoms with E-state index < -0.39 is 0 Å². The summed E-state index contributed by atoms with van der Waals surface area (Å²) in [6.07, 6.45) is 5.77. The maximum Gasteiger partial charge on any atom is 0.258 e. The molecule has 1 saturated heterocycles. The van der Waals surface area contributed by atoms with Crippen molar-refractivity contribution in [1.82, 2.24) is 14.4 Å². The van der Waals surface area contributed by atoms with E-state index in [0.717, 1.165) is 48.3 Å². The maximum absolute atomic E-state index is 13.4. The summed E-state index contributed by atoms with van der Waals surface area (Å²) in [5, 5.41) is 3.81. The summed E-state index contributed by atoms with van der Waals surface area (Å²) in [5.41, 5.74) is 2.82. The largest absolute Gasteiger partial charge is 0.497 e. The Labute approximate surface area is 167 Å². The van der Waals surface area contributed by atoms with E-state index >= 15 is 0 Å². The van der Waals surface area contributed by atoms with Crippen LogP contribution in [0, 0.1) is 0 Å². The Hall–Kier alpha value is -3.61. The van der Waals surface area contributed by atoms with E-state index in [2.05, 4.69) is 20.2 Å². The quantitative estimate of drug-likeness (QED) is 0.578. The topological polar surface area (TPSA) is 71.8 Å². The number of hydrogen-bond donors (Lipinski definition) is 1. The minimum absolute atomic E-state index is 0.188. The van der Waals surface area contributed by atoms with Crippen molar-refractivity contribution in [2.45, 2.75) is 12.8 Å². The number of fused-ring (bicyclic) bond motifs is 3. The molecule has 0 saturated carbocycles. The van der Waals surface area contributed by atoms with Crippen LogP contribution in [0.1, 0.15) is 23.2 Å². The molecule has 1 N–H and O–H groups in total. The first-order chi connectivity index (χ1) is 14.3. The molecule has 0 aliphatic carbocycles. The molecule has 7 nitrogen and oxygen atoms in total. The number of ether oxygens (including phenoxy) is 1. The molecule has 1 fully saturated rings. The third-order valence-electron chi connectivity index (χ3n) is 5.36. The van der Waals surface area contributed by atoms with Gasteiger partial charge in [-0.25, -0.2) is 9.97 Å². The molecule has 1 amide bonds. The van der Waals surface area contributed by atoms with Crippen molar-refractivity contribution < 1.29 is 9.53 Å². The molecule has 0 spiro atoms. The Morgan fingerprint density at radius 1 is 1.10 bits per heavy atom. The van der Waals surface area contributed by atoms with Gasteiger partial charge in [-0.2, -0.15) is 0 Å². The third-order valence-corrected chi connectivity index (χ3v) is 5.36. The highest BCUT2D eigenvalue weighted by Gasteiger charge is 2.26. The fourth-order valence-electron chi connectivity index (χ4n) is 4.03. The first-order valence-corrected chi connectivity index (χ1v) is 9.70. The van der Waals surface area contributed by atoms with Gasteiger partial charge in [-0.15, -0.1) is 0 Å². The number of carbonyl (C=O) groups is 1. The monoisotopic (exact) mass is 387 g/mol. The van der Waals surface area contributed by atoms with Gasteiger partial charge < -0.3 is 19.4 Å². The summed E-state index contributed by atoms with van der Waals surface area (Å²) in [6, 6.07) is 13.2. The fraction of sp³-hybridized carbons (Fsp3) is 0.227. The molecule has 1 aliphatic rings. The van der Waals surface area contributed by atoms with Gasteiger partial charge in [0.05, 0.1) is 23.6 Å². The van der Waals surface area contributed by atoms with Crippen LogP contribution in [0.3, 0.4) is 0 Å². The van der Waals surface area contributed by atoms with Crippen molar-refractivity contribution in [1.29, 1.82) is 0 Å². The van der Waals surface area contributed by atoms with E-state index in [1.165, 1.54) is 0 Å². The molecular formula is C22H21N5O2. The average Bonchev–Trinajstić information content (AvgIpc) is 3.40. The lowest BCUT2D eigenvalue weighted by atomic mass is 10.1. The van der Waals surface area contributed by atoms with Gasteiger partial charge in [0, 0.05) is 31.0 Å². The standard InChI is InChI=1S/C22H21N5O2/c1-29-16-8-6-7-15(13-16)25-22(28)18-17-9-2-3-12-27(17)21-19(18)20(23-14-24-21)26-10-4-5-11-26/h2-3,6-9,12-14H,4-5,10-11H2,1H3,(H,25,28). The van der Waals surface area contributed by atoms with Crippen LogP contribution in [0.5, 0.6) is 5.75 Å². The summed E-state index contributed by atoms with van der Waals surface area (Å²) in [6.45, 7) is 1.88. The smallest absolute Gasteiger partial charge is 0.258 e. The molecule has 7 heteroatoms. The van der Waals surface area contributed by atoms with Crippen LogP contribution in [0.25, 0.3) is 16.6 Å². The van der Waals surface area contributed by atoms with Crippen LogP contribution < -0.4 is 15.0 Å². The van der Waals surface area contributed by atoms with Gasteiger partial charge in [0.1, 0.15) is 17.9 Å². The number of rotatable bonds is 4. The Kier molecular flexibility index (Phi) is 4.27. The zero-order valence-electron chi connectivity index (χ0n) is 16.1. The van der Waals surface area contributed by atoms with Gasteiger partial charge in [-0.3, -0.25) is 4.79 Å². The number of pyridine rings is 1. The second-order valence-corrected chi connectivity index (χ2v) is 7.11. The zero-order chi connectivity index (χ0) is 19.8. The first-order valence-electron chi connectivity index (χ1n) is 9.70. The SMILES string of the molecule is COc1cccc(NC(=O)c2c3c(N4CCCC4)ncnc3n3ccccc23)c1. The van der Waals surface area contributed by atoms with Crippen molar-refractivity contribution in [3.8, 4) is 5.75 Å². The van der Waals surface area contributed by atoms with E-state index in [1.807, 2.05) is 47.0 Å². The summed E-state index contributed by atoms with van der Waals surface area (Å²) >= 11 is 0. The summed E-state index contributed by atoms with van der Waals surface area (Å²) < 4.78 is 7.23. The fourth-order valence-corrected chi connectivity index (χ4v) is 4.03. The number of nitrogens with one attached hydrogen (secondary N) is 1. The van der Waals surface area contributed by atoms with Crippen LogP contribution in [0.2, 0.25) is 0 Å². The predicted molar refractivity (Wildman–Crippen MR) is 113 cm³/mol. The van der Waals surface area contributed by atoms with E-state index in [1.54, 1.807) is 19.5 Å². The van der Waals surface area contributed by atoms with Crippen molar-refractivity contribution in [3.63, 3.8) is 0 Å². The number of aromatic nitrogens is 3. The molecule has 5 rings (SSSR count). The predicted octanol–water partition coefficient (Wildman–Crippen LogP) is 3.74. The second-order valence-electron chi connectivity index (χ2n) is 7.11. The van der Waals surface area contributed by atoms with Gasteiger partial charge in [-0.1, -0.05) is 12.1 Å². The van der Waals surface area contributed by atoms with Crippen LogP contribution in [-0.4, -0.2) is 40.5 Å². The van der Waals surface area contributed by atoms with Gasteiger partial charge in [0.15, 0.2) is 5.65 Å². The van der Waals surface area contributed by atoms with Crippen LogP contribution >= 0.6 is 0 Å². The molecule has 146 valence electrons. The lowest BCUT2D eigenvalue weighted by molar-refractivity contribution is 0.103. The molecule has 29 heavy (non-hydrogen) atoms. The van der Waals surface area contributed by atoms with Crippen LogP contribution in [0.15, 0.2) is 55.0 Å². The van der Waals surface area contributed by atoms with Crippen molar-refractivity contribution >= 4 is 34.0 Å². The Morgan fingerprint density at radius 3 is 2.79 bits per heavy atom. The first kappa shape index (κ1) is 17.5. The Morgan fingerprint density at radius 2 is 1.97 bits per heavy atom. The number of methoxy groups -OCH3 is 1. The molecule has 0 unspecified atom stereocenters. The number of amides is 1. The third kappa shape index (κ3) is 2.95. The van der Waals surface area contributed by atoms with Gasteiger partial charge in [-0.05, 0) is 37.1 Å². The summed E-state index contributed by atoms with van der Waals surface area (Å²) in [7, 11) is 1.61. The van der Waals surface area contributed by atoms with Crippen LogP contribution in [0.4, 0.5) is 11.5 Å². The Bertz CT molecular complexity index is 1210. The zero-order valence-corrected chi connectivity index (χ0v) is 16.1. The van der Waals surface area contributed by atoms with Crippen molar-refractivity contribution in [2.75, 3.05) is 30.4 Å². The second kappa shape index (κ2) is 7.09. The van der Waals surface area contributed by atoms with Gasteiger partial charge >= 0.3 is 0 Å². The molecule has 1 aliphatic heterocycles. The molecular weight excluding hydrogens is 366 g/mol. The normalized spacial score (nSPS) is 13.9. The highest BCUT2D eigenvalue weighted by molar-refractivity contribution is 6.20. The minimum atomic E-state index is -0.188. The molecule has 3 aromatic heterocycles. The molecule has 0 atom stereocenters. The number of hydrogen-bond acceptors (Lipinski definition) is 5. The molecule has 4 aromatic rings. The van der Waals surface area contributed by atoms with Crippen molar-refractivity contribution in [3.05, 3.63) is 60.6 Å². The van der Waals surface area contributed by atoms with Crippen molar-refractivity contribution in [2.24, 2.45) is 0 Å². The lowest BCUT2D eigenvalue weighted by Crippen LogP contribution is -2.20. The van der Waals surface area contributed by atoms with E-state index in [0.29, 0.717) is 17.0 Å². The summed E-state index contributed by atoms with van der Waals surface area (Å²) in [5.74, 6) is 1.33.